The van der Waals surface area contributed by atoms with Gasteiger partial charge in [0.15, 0.2) is 0 Å². The number of phenolic OH excluding ortho intramolecular Hbond substituents is 1. The van der Waals surface area contributed by atoms with Crippen molar-refractivity contribution in [1.82, 2.24) is 4.90 Å². The summed E-state index contributed by atoms with van der Waals surface area (Å²) in [5, 5.41) is 9.89. The van der Waals surface area contributed by atoms with Gasteiger partial charge in [-0.15, -0.1) is 0 Å². The van der Waals surface area contributed by atoms with E-state index in [-0.39, 0.29) is 5.41 Å². The standard InChI is InChI=1S/C19H27NO/c1-5-13(2)12-20-9-8-19(4)14(3)18(20)10-15-6-7-16(21)11-17(15)19/h5-7,11,14,18,21H,8-10,12H2,1-4H3/b13-5+/t14-,18+,19+/m0/s1/i1D3. The fourth-order valence-electron chi connectivity index (χ4n) is 4.26. The van der Waals surface area contributed by atoms with Crippen molar-refractivity contribution in [1.29, 1.82) is 0 Å². The van der Waals surface area contributed by atoms with Crippen molar-refractivity contribution < 1.29 is 9.22 Å². The molecule has 1 saturated heterocycles. The lowest BCUT2D eigenvalue weighted by atomic mass is 9.59. The largest absolute Gasteiger partial charge is 0.508 e. The molecule has 3 atom stereocenters. The molecule has 21 heavy (non-hydrogen) atoms. The Labute approximate surface area is 132 Å². The van der Waals surface area contributed by atoms with Crippen LogP contribution >= 0.6 is 0 Å². The molecule has 0 unspecified atom stereocenters. The highest BCUT2D eigenvalue weighted by molar-refractivity contribution is 5.44. The second-order valence-corrected chi connectivity index (χ2v) is 7.03. The van der Waals surface area contributed by atoms with Crippen molar-refractivity contribution in [3.05, 3.63) is 41.0 Å². The second kappa shape index (κ2) is 5.17. The smallest absolute Gasteiger partial charge is 0.115 e. The van der Waals surface area contributed by atoms with Crippen LogP contribution in [0.25, 0.3) is 0 Å². The molecule has 2 nitrogen and oxygen atoms in total. The molecule has 0 aromatic heterocycles. The molecule has 3 rings (SSSR count). The zero-order chi connectivity index (χ0) is 17.7. The van der Waals surface area contributed by atoms with Crippen LogP contribution in [-0.2, 0) is 11.8 Å². The van der Waals surface area contributed by atoms with Crippen molar-refractivity contribution in [2.45, 2.75) is 51.9 Å². The first-order valence-electron chi connectivity index (χ1n) is 9.35. The van der Waals surface area contributed by atoms with Crippen LogP contribution in [0.5, 0.6) is 5.75 Å². The van der Waals surface area contributed by atoms with Crippen LogP contribution < -0.4 is 0 Å². The topological polar surface area (TPSA) is 23.5 Å². The van der Waals surface area contributed by atoms with E-state index in [1.165, 1.54) is 17.2 Å². The minimum Gasteiger partial charge on any atom is -0.508 e. The van der Waals surface area contributed by atoms with Crippen LogP contribution in [0, 0.1) is 5.92 Å². The van der Waals surface area contributed by atoms with Crippen molar-refractivity contribution >= 4 is 0 Å². The van der Waals surface area contributed by atoms with Crippen LogP contribution in [0.3, 0.4) is 0 Å². The minimum absolute atomic E-state index is 0.0785. The van der Waals surface area contributed by atoms with Gasteiger partial charge in [0.2, 0.25) is 0 Å². The summed E-state index contributed by atoms with van der Waals surface area (Å²) in [6.07, 6.45) is 3.41. The third-order valence-corrected chi connectivity index (χ3v) is 5.81. The van der Waals surface area contributed by atoms with Crippen molar-refractivity contribution in [3.8, 4) is 5.75 Å². The summed E-state index contributed by atoms with van der Waals surface area (Å²) in [5.41, 5.74) is 3.61. The van der Waals surface area contributed by atoms with E-state index in [0.29, 0.717) is 17.7 Å². The number of fused-ring (bicyclic) bond motifs is 4. The summed E-state index contributed by atoms with van der Waals surface area (Å²) < 4.78 is 22.3. The fraction of sp³-hybridized carbons (Fsp3) is 0.579. The maximum Gasteiger partial charge on any atom is 0.115 e. The first-order valence-corrected chi connectivity index (χ1v) is 7.85. The van der Waals surface area contributed by atoms with Crippen molar-refractivity contribution in [3.63, 3.8) is 0 Å². The molecular formula is C19H27NO. The molecule has 2 aliphatic rings. The monoisotopic (exact) mass is 288 g/mol. The lowest BCUT2D eigenvalue weighted by molar-refractivity contribution is 0.0380. The quantitative estimate of drug-likeness (QED) is 0.835. The number of nitrogens with zero attached hydrogens (tertiary/aromatic N) is 1. The molecule has 2 heteroatoms. The number of allylic oxidation sites excluding steroid dienone is 1. The Bertz CT molecular complexity index is 667. The van der Waals surface area contributed by atoms with E-state index in [1.54, 1.807) is 6.07 Å². The molecule has 114 valence electrons. The number of piperidine rings is 1. The molecule has 1 N–H and O–H groups in total. The van der Waals surface area contributed by atoms with Gasteiger partial charge in [-0.2, -0.15) is 0 Å². The van der Waals surface area contributed by atoms with Gasteiger partial charge in [-0.3, -0.25) is 4.90 Å². The number of benzene rings is 1. The van der Waals surface area contributed by atoms with Crippen molar-refractivity contribution in [2.24, 2.45) is 5.92 Å². The summed E-state index contributed by atoms with van der Waals surface area (Å²) >= 11 is 0. The van der Waals surface area contributed by atoms with Crippen LogP contribution in [0.1, 0.15) is 49.3 Å². The molecule has 0 radical (unpaired) electrons. The van der Waals surface area contributed by atoms with Gasteiger partial charge < -0.3 is 5.11 Å². The first kappa shape index (κ1) is 11.3. The summed E-state index contributed by atoms with van der Waals surface area (Å²) in [7, 11) is 0. The van der Waals surface area contributed by atoms with Crippen molar-refractivity contribution in [2.75, 3.05) is 13.1 Å². The maximum atomic E-state index is 9.89. The van der Waals surface area contributed by atoms with E-state index in [2.05, 4.69) is 24.8 Å². The number of phenols is 1. The Morgan fingerprint density at radius 2 is 2.38 bits per heavy atom. The normalized spacial score (nSPS) is 35.6. The zero-order valence-electron chi connectivity index (χ0n) is 16.2. The van der Waals surface area contributed by atoms with Gasteiger partial charge in [0.1, 0.15) is 5.75 Å². The Morgan fingerprint density at radius 3 is 3.14 bits per heavy atom. The third-order valence-electron chi connectivity index (χ3n) is 5.81. The third kappa shape index (κ3) is 2.30. The number of hydrogen-bond acceptors (Lipinski definition) is 2. The molecular weight excluding hydrogens is 258 g/mol. The van der Waals surface area contributed by atoms with E-state index in [1.807, 2.05) is 13.0 Å². The average Bonchev–Trinajstić information content (AvgIpc) is 2.45. The van der Waals surface area contributed by atoms with Gasteiger partial charge in [0, 0.05) is 16.7 Å². The Morgan fingerprint density at radius 1 is 1.57 bits per heavy atom. The van der Waals surface area contributed by atoms with Gasteiger partial charge in [-0.05, 0) is 67.8 Å². The first-order chi connectivity index (χ1) is 11.1. The van der Waals surface area contributed by atoms with E-state index in [9.17, 15) is 5.11 Å². The zero-order valence-corrected chi connectivity index (χ0v) is 13.2. The summed E-state index contributed by atoms with van der Waals surface area (Å²) in [6, 6.07) is 6.19. The van der Waals surface area contributed by atoms with Gasteiger partial charge in [-0.25, -0.2) is 0 Å². The highest BCUT2D eigenvalue weighted by Gasteiger charge is 2.48. The maximum absolute atomic E-state index is 9.89. The number of likely N-dealkylation sites (tertiary alicyclic amines) is 1. The SMILES string of the molecule is [2H]C([2H])([2H])/C=C(\C)CN1CC[C@@]2(C)c3cc(O)ccc3C[C@@H]1[C@@H]2C. The van der Waals surface area contributed by atoms with E-state index < -0.39 is 6.85 Å². The Balaban J connectivity index is 1.88. The van der Waals surface area contributed by atoms with Gasteiger partial charge in [0.05, 0.1) is 0 Å². The van der Waals surface area contributed by atoms with Gasteiger partial charge in [0.25, 0.3) is 0 Å². The molecule has 0 amide bonds. The lowest BCUT2D eigenvalue weighted by Gasteiger charge is -2.54. The molecule has 1 heterocycles. The van der Waals surface area contributed by atoms with Gasteiger partial charge in [-0.1, -0.05) is 31.6 Å². The average molecular weight is 288 g/mol. The highest BCUT2D eigenvalue weighted by atomic mass is 16.3. The minimum atomic E-state index is -2.00. The van der Waals surface area contributed by atoms with Crippen LogP contribution in [0.15, 0.2) is 29.8 Å². The molecule has 1 aliphatic heterocycles. The summed E-state index contributed by atoms with van der Waals surface area (Å²) in [5.74, 6) is 0.820. The predicted molar refractivity (Wildman–Crippen MR) is 87.7 cm³/mol. The molecule has 1 fully saturated rings. The number of hydrogen-bond donors (Lipinski definition) is 1. The van der Waals surface area contributed by atoms with Crippen LogP contribution in [0.2, 0.25) is 0 Å². The second-order valence-electron chi connectivity index (χ2n) is 7.03. The van der Waals surface area contributed by atoms with Crippen LogP contribution in [-0.4, -0.2) is 29.1 Å². The Kier molecular flexibility index (Phi) is 2.78. The number of rotatable bonds is 2. The molecule has 0 saturated carbocycles. The number of aromatic hydroxyl groups is 1. The van der Waals surface area contributed by atoms with E-state index in [0.717, 1.165) is 31.5 Å². The Hall–Kier alpha value is -1.28. The summed E-state index contributed by atoms with van der Waals surface area (Å²) in [4.78, 5) is 2.44. The lowest BCUT2D eigenvalue weighted by Crippen LogP contribution is -2.58. The highest BCUT2D eigenvalue weighted by Crippen LogP contribution is 2.49. The molecule has 1 aromatic rings. The predicted octanol–water partition coefficient (Wildman–Crippen LogP) is 3.88. The molecule has 1 aliphatic carbocycles. The molecule has 0 spiro atoms. The van der Waals surface area contributed by atoms with Crippen LogP contribution in [0.4, 0.5) is 0 Å². The van der Waals surface area contributed by atoms with E-state index in [4.69, 9.17) is 4.11 Å². The fourth-order valence-corrected chi connectivity index (χ4v) is 4.26. The van der Waals surface area contributed by atoms with Gasteiger partial charge >= 0.3 is 0 Å². The molecule has 1 aromatic carbocycles. The molecule has 2 bridgehead atoms. The summed E-state index contributed by atoms with van der Waals surface area (Å²) in [6.45, 7) is 6.21. The van der Waals surface area contributed by atoms with E-state index >= 15 is 0 Å².